The molecule has 0 spiro atoms. The zero-order valence-corrected chi connectivity index (χ0v) is 12.9. The predicted molar refractivity (Wildman–Crippen MR) is 80.3 cm³/mol. The summed E-state index contributed by atoms with van der Waals surface area (Å²) >= 11 is 12.1. The molecule has 1 heterocycles. The maximum Gasteiger partial charge on any atom is 0.253 e. The molecule has 4 nitrogen and oxygen atoms in total. The van der Waals surface area contributed by atoms with Gasteiger partial charge in [0.25, 0.3) is 5.91 Å². The van der Waals surface area contributed by atoms with Gasteiger partial charge in [0.15, 0.2) is 0 Å². The molecular weight excluding hydrogens is 299 g/mol. The second-order valence-corrected chi connectivity index (χ2v) is 5.67. The average Bonchev–Trinajstić information content (AvgIpc) is 2.44. The number of carbonyl (C=O) groups excluding carboxylic acids is 2. The molecule has 0 bridgehead atoms. The molecule has 0 radical (unpaired) electrons. The van der Waals surface area contributed by atoms with E-state index in [9.17, 15) is 9.59 Å². The summed E-state index contributed by atoms with van der Waals surface area (Å²) in [5.41, 5.74) is -0.383. The molecule has 0 aliphatic carbocycles. The molecule has 2 amide bonds. The lowest BCUT2D eigenvalue weighted by Gasteiger charge is -2.41. The van der Waals surface area contributed by atoms with Gasteiger partial charge in [-0.2, -0.15) is 0 Å². The van der Waals surface area contributed by atoms with Crippen LogP contribution in [0.25, 0.3) is 0 Å². The second-order valence-electron chi connectivity index (χ2n) is 4.82. The smallest absolute Gasteiger partial charge is 0.253 e. The van der Waals surface area contributed by atoms with Gasteiger partial charge >= 0.3 is 0 Å². The van der Waals surface area contributed by atoms with Crippen LogP contribution in [0.1, 0.15) is 26.7 Å². The summed E-state index contributed by atoms with van der Waals surface area (Å²) in [6.07, 6.45) is 1.06. The van der Waals surface area contributed by atoms with Crippen molar-refractivity contribution in [2.75, 3.05) is 11.4 Å². The van der Waals surface area contributed by atoms with Crippen molar-refractivity contribution < 1.29 is 9.59 Å². The first-order valence-corrected chi connectivity index (χ1v) is 7.27. The third-order valence-corrected chi connectivity index (χ3v) is 4.30. The lowest BCUT2D eigenvalue weighted by Crippen LogP contribution is -2.66. The first-order chi connectivity index (χ1) is 9.43. The molecule has 1 aliphatic heterocycles. The number of rotatable bonds is 3. The number of nitrogens with one attached hydrogen (secondary N) is 1. The fraction of sp³-hybridized carbons (Fsp3) is 0.429. The fourth-order valence-corrected chi connectivity index (χ4v) is 2.84. The van der Waals surface area contributed by atoms with Gasteiger partial charge in [-0.3, -0.25) is 14.5 Å². The molecule has 1 N–H and O–H groups in total. The highest BCUT2D eigenvalue weighted by atomic mass is 35.5. The van der Waals surface area contributed by atoms with E-state index in [2.05, 4.69) is 5.32 Å². The Bertz CT molecular complexity index is 556. The molecule has 20 heavy (non-hydrogen) atoms. The number of benzene rings is 1. The van der Waals surface area contributed by atoms with Crippen LogP contribution >= 0.6 is 23.2 Å². The summed E-state index contributed by atoms with van der Waals surface area (Å²) in [5, 5.41) is 3.68. The fourth-order valence-electron chi connectivity index (χ4n) is 2.45. The molecule has 0 saturated carbocycles. The highest BCUT2D eigenvalue weighted by Crippen LogP contribution is 2.33. The second kappa shape index (κ2) is 5.62. The van der Waals surface area contributed by atoms with E-state index in [1.54, 1.807) is 18.2 Å². The number of piperazine rings is 1. The largest absolute Gasteiger partial charge is 0.340 e. The third kappa shape index (κ3) is 2.50. The topological polar surface area (TPSA) is 49.4 Å². The third-order valence-electron chi connectivity index (χ3n) is 3.74. The number of carbonyl (C=O) groups is 2. The van der Waals surface area contributed by atoms with Crippen molar-refractivity contribution in [2.24, 2.45) is 0 Å². The van der Waals surface area contributed by atoms with Crippen LogP contribution in [-0.4, -0.2) is 23.9 Å². The SMILES string of the molecule is CCC1(CC)NC(=O)CN(c2cc(Cl)ccc2Cl)C1=O. The maximum absolute atomic E-state index is 12.7. The minimum atomic E-state index is -0.860. The first-order valence-electron chi connectivity index (χ1n) is 6.51. The molecule has 0 atom stereocenters. The average molecular weight is 315 g/mol. The molecule has 1 aromatic carbocycles. The van der Waals surface area contributed by atoms with Crippen LogP contribution in [0, 0.1) is 0 Å². The summed E-state index contributed by atoms with van der Waals surface area (Å²) in [5.74, 6) is -0.337. The number of nitrogens with zero attached hydrogens (tertiary/aromatic N) is 1. The minimum Gasteiger partial charge on any atom is -0.340 e. The van der Waals surface area contributed by atoms with E-state index in [1.807, 2.05) is 13.8 Å². The van der Waals surface area contributed by atoms with Gasteiger partial charge < -0.3 is 5.32 Å². The van der Waals surface area contributed by atoms with E-state index < -0.39 is 5.54 Å². The standard InChI is InChI=1S/C14H16Cl2N2O2/c1-3-14(4-2)13(20)18(8-12(19)17-14)11-7-9(15)5-6-10(11)16/h5-7H,3-4,8H2,1-2H3,(H,17,19). The van der Waals surface area contributed by atoms with E-state index >= 15 is 0 Å². The molecule has 1 aromatic rings. The Morgan fingerprint density at radius 1 is 1.25 bits per heavy atom. The zero-order valence-electron chi connectivity index (χ0n) is 11.4. The minimum absolute atomic E-state index is 0.0410. The zero-order chi connectivity index (χ0) is 14.9. The van der Waals surface area contributed by atoms with Crippen LogP contribution < -0.4 is 10.2 Å². The van der Waals surface area contributed by atoms with Gasteiger partial charge in [-0.15, -0.1) is 0 Å². The van der Waals surface area contributed by atoms with E-state index in [-0.39, 0.29) is 18.4 Å². The van der Waals surface area contributed by atoms with Crippen molar-refractivity contribution in [1.82, 2.24) is 5.32 Å². The number of hydrogen-bond acceptors (Lipinski definition) is 2. The molecule has 6 heteroatoms. The van der Waals surface area contributed by atoms with Crippen molar-refractivity contribution in [3.05, 3.63) is 28.2 Å². The van der Waals surface area contributed by atoms with Crippen molar-refractivity contribution >= 4 is 40.7 Å². The van der Waals surface area contributed by atoms with Gasteiger partial charge in [-0.1, -0.05) is 37.0 Å². The van der Waals surface area contributed by atoms with E-state index in [0.29, 0.717) is 28.6 Å². The Hall–Kier alpha value is -1.26. The van der Waals surface area contributed by atoms with Crippen LogP contribution in [0.3, 0.4) is 0 Å². The Kier molecular flexibility index (Phi) is 4.25. The quantitative estimate of drug-likeness (QED) is 0.932. The molecular formula is C14H16Cl2N2O2. The van der Waals surface area contributed by atoms with Crippen LogP contribution in [0.4, 0.5) is 5.69 Å². The lowest BCUT2D eigenvalue weighted by atomic mass is 9.88. The van der Waals surface area contributed by atoms with Gasteiger partial charge in [0.05, 0.1) is 10.7 Å². The Labute approximate surface area is 128 Å². The number of hydrogen-bond donors (Lipinski definition) is 1. The molecule has 0 aromatic heterocycles. The van der Waals surface area contributed by atoms with E-state index in [0.717, 1.165) is 0 Å². The lowest BCUT2D eigenvalue weighted by molar-refractivity contribution is -0.136. The van der Waals surface area contributed by atoms with Gasteiger partial charge in [0, 0.05) is 5.02 Å². The molecule has 1 saturated heterocycles. The summed E-state index contributed by atoms with van der Waals surface area (Å²) < 4.78 is 0. The van der Waals surface area contributed by atoms with E-state index in [4.69, 9.17) is 23.2 Å². The van der Waals surface area contributed by atoms with E-state index in [1.165, 1.54) is 4.90 Å². The Balaban J connectivity index is 2.47. The Morgan fingerprint density at radius 3 is 2.50 bits per heavy atom. The normalized spacial score (nSPS) is 18.1. The summed E-state index contributed by atoms with van der Waals surface area (Å²) in [6, 6.07) is 4.88. The summed E-state index contributed by atoms with van der Waals surface area (Å²) in [4.78, 5) is 26.1. The Morgan fingerprint density at radius 2 is 1.90 bits per heavy atom. The molecule has 1 fully saturated rings. The van der Waals surface area contributed by atoms with Crippen molar-refractivity contribution in [3.8, 4) is 0 Å². The maximum atomic E-state index is 12.7. The van der Waals surface area contributed by atoms with Crippen molar-refractivity contribution in [2.45, 2.75) is 32.2 Å². The summed E-state index contributed by atoms with van der Waals surface area (Å²) in [7, 11) is 0. The molecule has 0 unspecified atom stereocenters. The molecule has 2 rings (SSSR count). The first kappa shape index (κ1) is 15.1. The van der Waals surface area contributed by atoms with Gasteiger partial charge in [0.2, 0.25) is 5.91 Å². The summed E-state index contributed by atoms with van der Waals surface area (Å²) in [6.45, 7) is 3.72. The van der Waals surface area contributed by atoms with Crippen LogP contribution in [0.2, 0.25) is 10.0 Å². The van der Waals surface area contributed by atoms with Gasteiger partial charge in [-0.05, 0) is 31.0 Å². The number of amides is 2. The highest BCUT2D eigenvalue weighted by Gasteiger charge is 2.44. The molecule has 108 valence electrons. The van der Waals surface area contributed by atoms with Crippen molar-refractivity contribution in [3.63, 3.8) is 0 Å². The van der Waals surface area contributed by atoms with Crippen molar-refractivity contribution in [1.29, 1.82) is 0 Å². The van der Waals surface area contributed by atoms with Gasteiger partial charge in [-0.25, -0.2) is 0 Å². The van der Waals surface area contributed by atoms with Crippen LogP contribution in [-0.2, 0) is 9.59 Å². The van der Waals surface area contributed by atoms with Gasteiger partial charge in [0.1, 0.15) is 12.1 Å². The van der Waals surface area contributed by atoms with Crippen LogP contribution in [0.5, 0.6) is 0 Å². The predicted octanol–water partition coefficient (Wildman–Crippen LogP) is 3.02. The van der Waals surface area contributed by atoms with Crippen LogP contribution in [0.15, 0.2) is 18.2 Å². The number of anilines is 1. The number of halogens is 2. The monoisotopic (exact) mass is 314 g/mol. The molecule has 1 aliphatic rings. The highest BCUT2D eigenvalue weighted by molar-refractivity contribution is 6.36.